The zero-order valence-corrected chi connectivity index (χ0v) is 10.6. The second kappa shape index (κ2) is 5.17. The van der Waals surface area contributed by atoms with Gasteiger partial charge in [0.2, 0.25) is 0 Å². The molecule has 1 nitrogen and oxygen atoms in total. The Hall–Kier alpha value is -0.900. The Bertz CT molecular complexity index is 388. The van der Waals surface area contributed by atoms with Gasteiger partial charge in [0.1, 0.15) is 5.75 Å². The third-order valence-corrected chi connectivity index (χ3v) is 2.92. The summed E-state index contributed by atoms with van der Waals surface area (Å²) in [6.45, 7) is 5.71. The summed E-state index contributed by atoms with van der Waals surface area (Å²) in [5, 5.41) is 0.405. The zero-order valence-electron chi connectivity index (χ0n) is 9.81. The molecule has 0 amide bonds. The molecule has 0 spiro atoms. The van der Waals surface area contributed by atoms with E-state index in [4.69, 9.17) is 11.6 Å². The fourth-order valence-corrected chi connectivity index (χ4v) is 1.63. The van der Waals surface area contributed by atoms with Crippen LogP contribution in [0.25, 0.3) is 0 Å². The van der Waals surface area contributed by atoms with Crippen LogP contribution >= 0.6 is 11.6 Å². The van der Waals surface area contributed by atoms with E-state index in [9.17, 15) is 13.2 Å². The third-order valence-electron chi connectivity index (χ3n) is 2.69. The van der Waals surface area contributed by atoms with Crippen LogP contribution in [0.4, 0.5) is 13.2 Å². The van der Waals surface area contributed by atoms with Crippen LogP contribution in [0.5, 0.6) is 5.75 Å². The summed E-state index contributed by atoms with van der Waals surface area (Å²) >= 11 is 5.80. The van der Waals surface area contributed by atoms with Crippen molar-refractivity contribution in [1.82, 2.24) is 0 Å². The number of ether oxygens (including phenoxy) is 1. The first-order valence-electron chi connectivity index (χ1n) is 5.26. The van der Waals surface area contributed by atoms with Crippen molar-refractivity contribution in [2.45, 2.75) is 33.1 Å². The van der Waals surface area contributed by atoms with Gasteiger partial charge in [0.05, 0.1) is 0 Å². The van der Waals surface area contributed by atoms with Crippen molar-refractivity contribution in [3.8, 4) is 5.75 Å². The summed E-state index contributed by atoms with van der Waals surface area (Å²) in [6, 6.07) is 4.16. The van der Waals surface area contributed by atoms with Crippen LogP contribution in [0.3, 0.4) is 0 Å². The molecule has 0 saturated heterocycles. The van der Waals surface area contributed by atoms with Crippen LogP contribution in [-0.2, 0) is 0 Å². The molecule has 0 radical (unpaired) electrons. The maximum Gasteiger partial charge on any atom is 0.573 e. The molecule has 0 N–H and O–H groups in total. The highest BCUT2D eigenvalue weighted by Crippen LogP contribution is 2.36. The maximum absolute atomic E-state index is 12.2. The fourth-order valence-electron chi connectivity index (χ4n) is 1.45. The molecule has 0 heterocycles. The van der Waals surface area contributed by atoms with Gasteiger partial charge in [-0.25, -0.2) is 0 Å². The minimum atomic E-state index is -4.68. The molecule has 0 aromatic heterocycles. The topological polar surface area (TPSA) is 9.23 Å². The Labute approximate surface area is 104 Å². The molecule has 17 heavy (non-hydrogen) atoms. The Morgan fingerprint density at radius 1 is 1.18 bits per heavy atom. The molecule has 0 aliphatic heterocycles. The summed E-state index contributed by atoms with van der Waals surface area (Å²) < 4.78 is 40.7. The van der Waals surface area contributed by atoms with Gasteiger partial charge in [0, 0.05) is 5.02 Å². The molecular weight excluding hydrogens is 253 g/mol. The smallest absolute Gasteiger partial charge is 0.405 e. The Balaban J connectivity index is 3.12. The largest absolute Gasteiger partial charge is 0.573 e. The van der Waals surface area contributed by atoms with E-state index in [1.165, 1.54) is 18.2 Å². The normalized spacial score (nSPS) is 13.9. The lowest BCUT2D eigenvalue weighted by Crippen LogP contribution is -2.19. The van der Waals surface area contributed by atoms with Gasteiger partial charge in [-0.2, -0.15) is 0 Å². The molecule has 96 valence electrons. The molecule has 0 bridgehead atoms. The van der Waals surface area contributed by atoms with E-state index in [1.807, 2.05) is 20.8 Å². The van der Waals surface area contributed by atoms with Gasteiger partial charge in [-0.05, 0) is 35.6 Å². The van der Waals surface area contributed by atoms with Gasteiger partial charge in [-0.1, -0.05) is 32.4 Å². The summed E-state index contributed by atoms with van der Waals surface area (Å²) in [5.41, 5.74) is 0.477. The number of halogens is 4. The summed E-state index contributed by atoms with van der Waals surface area (Å²) in [6.07, 6.45) is -4.68. The van der Waals surface area contributed by atoms with Crippen LogP contribution in [0.2, 0.25) is 5.02 Å². The van der Waals surface area contributed by atoms with Crippen molar-refractivity contribution in [2.24, 2.45) is 5.92 Å². The highest BCUT2D eigenvalue weighted by molar-refractivity contribution is 6.30. The van der Waals surface area contributed by atoms with E-state index in [-0.39, 0.29) is 17.6 Å². The van der Waals surface area contributed by atoms with Crippen LogP contribution in [0.1, 0.15) is 32.3 Å². The number of hydrogen-bond acceptors (Lipinski definition) is 1. The quantitative estimate of drug-likeness (QED) is 0.748. The number of benzene rings is 1. The summed E-state index contributed by atoms with van der Waals surface area (Å²) in [5.74, 6) is -0.0433. The predicted molar refractivity (Wildman–Crippen MR) is 61.4 cm³/mol. The minimum absolute atomic E-state index is 0.0638. The van der Waals surface area contributed by atoms with Crippen LogP contribution in [-0.4, -0.2) is 6.36 Å². The molecule has 1 aromatic rings. The van der Waals surface area contributed by atoms with Crippen molar-refractivity contribution in [1.29, 1.82) is 0 Å². The van der Waals surface area contributed by atoms with Gasteiger partial charge in [0.15, 0.2) is 0 Å². The fraction of sp³-hybridized carbons (Fsp3) is 0.500. The first-order valence-corrected chi connectivity index (χ1v) is 5.63. The summed E-state index contributed by atoms with van der Waals surface area (Å²) in [7, 11) is 0. The van der Waals surface area contributed by atoms with Crippen molar-refractivity contribution >= 4 is 11.6 Å². The van der Waals surface area contributed by atoms with E-state index in [1.54, 1.807) is 0 Å². The second-order valence-corrected chi connectivity index (χ2v) is 4.70. The molecule has 0 aliphatic carbocycles. The van der Waals surface area contributed by atoms with Gasteiger partial charge >= 0.3 is 6.36 Å². The van der Waals surface area contributed by atoms with Crippen molar-refractivity contribution < 1.29 is 17.9 Å². The third kappa shape index (κ3) is 4.11. The highest BCUT2D eigenvalue weighted by atomic mass is 35.5. The first kappa shape index (κ1) is 14.2. The van der Waals surface area contributed by atoms with E-state index in [2.05, 4.69) is 4.74 Å². The molecule has 5 heteroatoms. The van der Waals surface area contributed by atoms with Gasteiger partial charge in [-0.15, -0.1) is 13.2 Å². The molecule has 1 unspecified atom stereocenters. The van der Waals surface area contributed by atoms with E-state index in [0.717, 1.165) is 0 Å². The molecular formula is C12H14ClF3O. The predicted octanol–water partition coefficient (Wildman–Crippen LogP) is 5.00. The standard InChI is InChI=1S/C12H14ClF3O/c1-7(2)8(3)10-6-9(13)4-5-11(10)17-12(14,15)16/h4-8H,1-3H3. The van der Waals surface area contributed by atoms with Gasteiger partial charge in [-0.3, -0.25) is 0 Å². The van der Waals surface area contributed by atoms with Crippen LogP contribution in [0.15, 0.2) is 18.2 Å². The first-order chi connectivity index (χ1) is 7.70. The minimum Gasteiger partial charge on any atom is -0.405 e. The van der Waals surface area contributed by atoms with Crippen molar-refractivity contribution in [3.63, 3.8) is 0 Å². The van der Waals surface area contributed by atoms with Crippen molar-refractivity contribution in [3.05, 3.63) is 28.8 Å². The lowest BCUT2D eigenvalue weighted by atomic mass is 9.90. The lowest BCUT2D eigenvalue weighted by Gasteiger charge is -2.20. The van der Waals surface area contributed by atoms with Gasteiger partial charge < -0.3 is 4.74 Å². The van der Waals surface area contributed by atoms with E-state index >= 15 is 0 Å². The number of hydrogen-bond donors (Lipinski definition) is 0. The molecule has 0 aliphatic rings. The van der Waals surface area contributed by atoms with Crippen LogP contribution in [0, 0.1) is 5.92 Å². The maximum atomic E-state index is 12.2. The van der Waals surface area contributed by atoms with E-state index in [0.29, 0.717) is 10.6 Å². The summed E-state index contributed by atoms with van der Waals surface area (Å²) in [4.78, 5) is 0. The molecule has 1 atom stereocenters. The van der Waals surface area contributed by atoms with Crippen LogP contribution < -0.4 is 4.74 Å². The molecule has 0 fully saturated rings. The zero-order chi connectivity index (χ0) is 13.2. The molecule has 0 saturated carbocycles. The molecule has 1 rings (SSSR count). The molecule has 1 aromatic carbocycles. The van der Waals surface area contributed by atoms with Gasteiger partial charge in [0.25, 0.3) is 0 Å². The second-order valence-electron chi connectivity index (χ2n) is 4.26. The SMILES string of the molecule is CC(C)C(C)c1cc(Cl)ccc1OC(F)(F)F. The average Bonchev–Trinajstić information content (AvgIpc) is 2.17. The van der Waals surface area contributed by atoms with Crippen molar-refractivity contribution in [2.75, 3.05) is 0 Å². The average molecular weight is 267 g/mol. The van der Waals surface area contributed by atoms with E-state index < -0.39 is 6.36 Å². The monoisotopic (exact) mass is 266 g/mol. The Morgan fingerprint density at radius 3 is 2.24 bits per heavy atom. The number of rotatable bonds is 3. The lowest BCUT2D eigenvalue weighted by molar-refractivity contribution is -0.275. The number of alkyl halides is 3. The Kier molecular flexibility index (Phi) is 4.31. The highest BCUT2D eigenvalue weighted by Gasteiger charge is 2.32. The Morgan fingerprint density at radius 2 is 1.76 bits per heavy atom.